The molecule has 0 saturated heterocycles. The second-order valence-electron chi connectivity index (χ2n) is 4.77. The summed E-state index contributed by atoms with van der Waals surface area (Å²) in [5, 5.41) is 0. The van der Waals surface area contributed by atoms with Crippen LogP contribution in [0.2, 0.25) is 0 Å². The van der Waals surface area contributed by atoms with Crippen LogP contribution in [0.15, 0.2) is 54.6 Å². The van der Waals surface area contributed by atoms with Crippen LogP contribution in [0.1, 0.15) is 22.3 Å². The van der Waals surface area contributed by atoms with E-state index < -0.39 is 0 Å². The molecule has 0 N–H and O–H groups in total. The highest BCUT2D eigenvalue weighted by molar-refractivity contribution is 5.99. The number of ether oxygens (including phenoxy) is 2. The summed E-state index contributed by atoms with van der Waals surface area (Å²) in [7, 11) is 1.56. The van der Waals surface area contributed by atoms with Gasteiger partial charge in [0.1, 0.15) is 12.4 Å². The van der Waals surface area contributed by atoms with E-state index in [0.29, 0.717) is 17.9 Å². The van der Waals surface area contributed by atoms with Crippen LogP contribution in [-0.4, -0.2) is 26.1 Å². The van der Waals surface area contributed by atoms with Crippen molar-refractivity contribution in [2.75, 3.05) is 20.3 Å². The van der Waals surface area contributed by atoms with Gasteiger partial charge in [0.25, 0.3) is 0 Å². The molecular weight excluding hydrogens is 264 g/mol. The van der Waals surface area contributed by atoms with Gasteiger partial charge >= 0.3 is 0 Å². The van der Waals surface area contributed by atoms with Crippen molar-refractivity contribution in [1.29, 1.82) is 0 Å². The Bertz CT molecular complexity index is 564. The third-order valence-electron chi connectivity index (χ3n) is 3.24. The molecule has 2 rings (SSSR count). The molecule has 0 aliphatic rings. The Morgan fingerprint density at radius 2 is 1.71 bits per heavy atom. The lowest BCUT2D eigenvalue weighted by atomic mass is 10.1. The van der Waals surface area contributed by atoms with E-state index in [0.717, 1.165) is 12.8 Å². The van der Waals surface area contributed by atoms with E-state index in [9.17, 15) is 4.79 Å². The van der Waals surface area contributed by atoms with Crippen molar-refractivity contribution in [2.45, 2.75) is 12.8 Å². The molecule has 0 bridgehead atoms. The first kappa shape index (κ1) is 15.3. The molecule has 0 aliphatic heterocycles. The molecule has 0 saturated carbocycles. The Kier molecular flexibility index (Phi) is 5.98. The number of rotatable bonds is 8. The molecule has 2 aromatic carbocycles. The Hall–Kier alpha value is -2.13. The van der Waals surface area contributed by atoms with Gasteiger partial charge < -0.3 is 9.47 Å². The summed E-state index contributed by atoms with van der Waals surface area (Å²) in [6, 6.07) is 17.5. The van der Waals surface area contributed by atoms with Crippen LogP contribution in [0.25, 0.3) is 0 Å². The highest BCUT2D eigenvalue weighted by Gasteiger charge is 2.11. The first-order chi connectivity index (χ1) is 10.3. The standard InChI is InChI=1S/C18H20O3/c1-20-18-12-6-5-11-16(18)17(19)14-21-13-7-10-15-8-3-2-4-9-15/h2-6,8-9,11-12H,7,10,13-14H2,1H3. The van der Waals surface area contributed by atoms with Crippen LogP contribution in [-0.2, 0) is 11.2 Å². The van der Waals surface area contributed by atoms with Gasteiger partial charge in [-0.3, -0.25) is 4.79 Å². The van der Waals surface area contributed by atoms with E-state index in [1.807, 2.05) is 30.3 Å². The van der Waals surface area contributed by atoms with Gasteiger partial charge in [-0.2, -0.15) is 0 Å². The predicted molar refractivity (Wildman–Crippen MR) is 82.9 cm³/mol. The monoisotopic (exact) mass is 284 g/mol. The van der Waals surface area contributed by atoms with E-state index in [2.05, 4.69) is 12.1 Å². The largest absolute Gasteiger partial charge is 0.496 e. The van der Waals surface area contributed by atoms with E-state index in [1.165, 1.54) is 5.56 Å². The Labute approximate surface area is 125 Å². The maximum absolute atomic E-state index is 12.1. The van der Waals surface area contributed by atoms with Crippen molar-refractivity contribution in [3.63, 3.8) is 0 Å². The highest BCUT2D eigenvalue weighted by Crippen LogP contribution is 2.17. The molecule has 110 valence electrons. The Morgan fingerprint density at radius 3 is 2.48 bits per heavy atom. The fraction of sp³-hybridized carbons (Fsp3) is 0.278. The molecule has 0 spiro atoms. The zero-order valence-electron chi connectivity index (χ0n) is 12.2. The molecule has 21 heavy (non-hydrogen) atoms. The van der Waals surface area contributed by atoms with Crippen LogP contribution >= 0.6 is 0 Å². The molecule has 3 nitrogen and oxygen atoms in total. The van der Waals surface area contributed by atoms with Crippen LogP contribution < -0.4 is 4.74 Å². The number of hydrogen-bond donors (Lipinski definition) is 0. The van der Waals surface area contributed by atoms with Crippen LogP contribution in [0.3, 0.4) is 0 Å². The molecule has 2 aromatic rings. The number of benzene rings is 2. The number of ketones is 1. The van der Waals surface area contributed by atoms with Crippen molar-refractivity contribution in [3.05, 3.63) is 65.7 Å². The number of carbonyl (C=O) groups excluding carboxylic acids is 1. The fourth-order valence-corrected chi connectivity index (χ4v) is 2.14. The SMILES string of the molecule is COc1ccccc1C(=O)COCCCc1ccccc1. The summed E-state index contributed by atoms with van der Waals surface area (Å²) in [4.78, 5) is 12.1. The minimum atomic E-state index is -0.0489. The van der Waals surface area contributed by atoms with E-state index >= 15 is 0 Å². The topological polar surface area (TPSA) is 35.5 Å². The predicted octanol–water partition coefficient (Wildman–Crippen LogP) is 3.53. The smallest absolute Gasteiger partial charge is 0.192 e. The zero-order valence-corrected chi connectivity index (χ0v) is 12.2. The van der Waals surface area contributed by atoms with Gasteiger partial charge in [-0.1, -0.05) is 42.5 Å². The zero-order chi connectivity index (χ0) is 14.9. The van der Waals surface area contributed by atoms with Crippen LogP contribution in [0, 0.1) is 0 Å². The molecule has 0 heterocycles. The van der Waals surface area contributed by atoms with E-state index in [-0.39, 0.29) is 12.4 Å². The third kappa shape index (κ3) is 4.72. The maximum atomic E-state index is 12.1. The summed E-state index contributed by atoms with van der Waals surface area (Å²) in [6.07, 6.45) is 1.87. The fourth-order valence-electron chi connectivity index (χ4n) is 2.14. The molecule has 3 heteroatoms. The van der Waals surface area contributed by atoms with Gasteiger partial charge in [0.05, 0.1) is 12.7 Å². The number of carbonyl (C=O) groups is 1. The Morgan fingerprint density at radius 1 is 1.00 bits per heavy atom. The molecule has 0 atom stereocenters. The summed E-state index contributed by atoms with van der Waals surface area (Å²) in [6.45, 7) is 0.672. The molecule has 0 radical (unpaired) electrons. The summed E-state index contributed by atoms with van der Waals surface area (Å²) in [5.74, 6) is 0.544. The minimum absolute atomic E-state index is 0.0489. The lowest BCUT2D eigenvalue weighted by Crippen LogP contribution is -2.11. The average molecular weight is 284 g/mol. The van der Waals surface area contributed by atoms with Gasteiger partial charge in [0.2, 0.25) is 0 Å². The van der Waals surface area contributed by atoms with E-state index in [1.54, 1.807) is 19.2 Å². The van der Waals surface area contributed by atoms with Crippen molar-refractivity contribution >= 4 is 5.78 Å². The molecular formula is C18H20O3. The summed E-state index contributed by atoms with van der Waals surface area (Å²) in [5.41, 5.74) is 1.86. The first-order valence-electron chi connectivity index (χ1n) is 7.09. The van der Waals surface area contributed by atoms with Gasteiger partial charge in [0, 0.05) is 6.61 Å². The highest BCUT2D eigenvalue weighted by atomic mass is 16.5. The first-order valence-corrected chi connectivity index (χ1v) is 7.09. The minimum Gasteiger partial charge on any atom is -0.496 e. The molecule has 0 fully saturated rings. The van der Waals surface area contributed by atoms with Crippen molar-refractivity contribution in [1.82, 2.24) is 0 Å². The number of para-hydroxylation sites is 1. The molecule has 0 unspecified atom stereocenters. The van der Waals surface area contributed by atoms with Gasteiger partial charge in [-0.25, -0.2) is 0 Å². The quantitative estimate of drug-likeness (QED) is 0.549. The second-order valence-corrected chi connectivity index (χ2v) is 4.77. The van der Waals surface area contributed by atoms with Gasteiger partial charge in [-0.05, 0) is 30.5 Å². The number of hydrogen-bond acceptors (Lipinski definition) is 3. The van der Waals surface area contributed by atoms with Crippen molar-refractivity contribution < 1.29 is 14.3 Å². The third-order valence-corrected chi connectivity index (χ3v) is 3.24. The molecule has 0 aliphatic carbocycles. The average Bonchev–Trinajstić information content (AvgIpc) is 2.55. The van der Waals surface area contributed by atoms with E-state index in [4.69, 9.17) is 9.47 Å². The molecule has 0 amide bonds. The van der Waals surface area contributed by atoms with Crippen molar-refractivity contribution in [2.24, 2.45) is 0 Å². The summed E-state index contributed by atoms with van der Waals surface area (Å²) >= 11 is 0. The van der Waals surface area contributed by atoms with Gasteiger partial charge in [-0.15, -0.1) is 0 Å². The van der Waals surface area contributed by atoms with Gasteiger partial charge in [0.15, 0.2) is 5.78 Å². The maximum Gasteiger partial charge on any atom is 0.192 e. The number of methoxy groups -OCH3 is 1. The lowest BCUT2D eigenvalue weighted by Gasteiger charge is -2.08. The van der Waals surface area contributed by atoms with Crippen molar-refractivity contribution in [3.8, 4) is 5.75 Å². The van der Waals surface area contributed by atoms with Crippen LogP contribution in [0.4, 0.5) is 0 Å². The number of aryl methyl sites for hydroxylation is 1. The Balaban J connectivity index is 1.72. The number of Topliss-reactive ketones (excluding diaryl/α,β-unsaturated/α-hetero) is 1. The summed E-state index contributed by atoms with van der Waals surface area (Å²) < 4.78 is 10.6. The van der Waals surface area contributed by atoms with Crippen LogP contribution in [0.5, 0.6) is 5.75 Å². The lowest BCUT2D eigenvalue weighted by molar-refractivity contribution is 0.0753. The normalized spacial score (nSPS) is 10.3. The molecule has 0 aromatic heterocycles. The second kappa shape index (κ2) is 8.22.